The number of hydrogen-bond acceptors (Lipinski definition) is 4. The van der Waals surface area contributed by atoms with Crippen LogP contribution in [-0.4, -0.2) is 44.7 Å². The number of aliphatic hydroxyl groups excluding tert-OH is 3. The van der Waals surface area contributed by atoms with Crippen molar-refractivity contribution in [3.05, 3.63) is 48.6 Å². The van der Waals surface area contributed by atoms with Crippen molar-refractivity contribution < 1.29 is 25.2 Å². The van der Waals surface area contributed by atoms with Crippen molar-refractivity contribution >= 4 is 5.97 Å². The maximum Gasteiger partial charge on any atom is 0.303 e. The van der Waals surface area contributed by atoms with Gasteiger partial charge < -0.3 is 20.4 Å². The lowest BCUT2D eigenvalue weighted by Crippen LogP contribution is -2.20. The van der Waals surface area contributed by atoms with Gasteiger partial charge in [0.15, 0.2) is 0 Å². The zero-order chi connectivity index (χ0) is 20.1. The third-order valence-corrected chi connectivity index (χ3v) is 4.81. The number of aliphatic carboxylic acids is 1. The second kappa shape index (κ2) is 13.5. The van der Waals surface area contributed by atoms with Gasteiger partial charge in [-0.1, -0.05) is 55.5 Å². The summed E-state index contributed by atoms with van der Waals surface area (Å²) in [6.45, 7) is 2.11. The first kappa shape index (κ1) is 23.3. The van der Waals surface area contributed by atoms with E-state index in [-0.39, 0.29) is 24.7 Å². The molecule has 1 rings (SSSR count). The van der Waals surface area contributed by atoms with Gasteiger partial charge in [0, 0.05) is 18.8 Å². The van der Waals surface area contributed by atoms with E-state index < -0.39 is 24.3 Å². The Hall–Kier alpha value is -1.69. The van der Waals surface area contributed by atoms with Crippen LogP contribution in [-0.2, 0) is 4.79 Å². The quantitative estimate of drug-likeness (QED) is 0.390. The van der Waals surface area contributed by atoms with Crippen LogP contribution in [0.1, 0.15) is 51.9 Å². The Balaban J connectivity index is 2.47. The minimum atomic E-state index is -0.947. The summed E-state index contributed by atoms with van der Waals surface area (Å²) in [6.07, 6.45) is 17.6. The number of carbonyl (C=O) groups is 1. The summed E-state index contributed by atoms with van der Waals surface area (Å²) >= 11 is 0. The Morgan fingerprint density at radius 3 is 2.30 bits per heavy atom. The zero-order valence-electron chi connectivity index (χ0n) is 16.2. The van der Waals surface area contributed by atoms with E-state index in [9.17, 15) is 20.1 Å². The molecular weight excluding hydrogens is 344 g/mol. The summed E-state index contributed by atoms with van der Waals surface area (Å²) in [5.41, 5.74) is 0. The lowest BCUT2D eigenvalue weighted by molar-refractivity contribution is -0.137. The van der Waals surface area contributed by atoms with E-state index in [4.69, 9.17) is 5.11 Å². The van der Waals surface area contributed by atoms with Crippen molar-refractivity contribution in [1.29, 1.82) is 0 Å². The van der Waals surface area contributed by atoms with Crippen LogP contribution in [0.3, 0.4) is 0 Å². The summed E-state index contributed by atoms with van der Waals surface area (Å²) in [5, 5.41) is 38.9. The fourth-order valence-electron chi connectivity index (χ4n) is 3.29. The Morgan fingerprint density at radius 1 is 1.04 bits per heavy atom. The molecule has 0 radical (unpaired) electrons. The second-order valence-corrected chi connectivity index (χ2v) is 7.03. The molecule has 0 spiro atoms. The highest BCUT2D eigenvalue weighted by Gasteiger charge is 2.39. The number of aliphatic hydroxyl groups is 3. The molecule has 1 aliphatic rings. The number of hydrogen-bond donors (Lipinski definition) is 4. The molecule has 27 heavy (non-hydrogen) atoms. The zero-order valence-corrected chi connectivity index (χ0v) is 16.2. The molecule has 0 aromatic rings. The van der Waals surface area contributed by atoms with Crippen LogP contribution in [0.25, 0.3) is 0 Å². The molecule has 0 aromatic heterocycles. The van der Waals surface area contributed by atoms with E-state index in [1.807, 2.05) is 6.08 Å². The van der Waals surface area contributed by atoms with Gasteiger partial charge in [-0.05, 0) is 38.0 Å². The van der Waals surface area contributed by atoms with Gasteiger partial charge in [-0.15, -0.1) is 0 Å². The van der Waals surface area contributed by atoms with Crippen LogP contribution in [0.2, 0.25) is 0 Å². The molecule has 1 saturated carbocycles. The van der Waals surface area contributed by atoms with Crippen molar-refractivity contribution in [2.24, 2.45) is 11.8 Å². The van der Waals surface area contributed by atoms with Gasteiger partial charge in [0.05, 0.1) is 18.3 Å². The lowest BCUT2D eigenvalue weighted by atomic mass is 9.89. The van der Waals surface area contributed by atoms with Crippen LogP contribution in [0, 0.1) is 11.8 Å². The fraction of sp³-hybridized carbons (Fsp3) is 0.591. The highest BCUT2D eigenvalue weighted by atomic mass is 16.4. The van der Waals surface area contributed by atoms with Gasteiger partial charge in [-0.2, -0.15) is 0 Å². The number of carboxylic acid groups (broad SMARTS) is 1. The molecule has 0 heterocycles. The third-order valence-electron chi connectivity index (χ3n) is 4.81. The van der Waals surface area contributed by atoms with Crippen molar-refractivity contribution in [2.45, 2.75) is 70.2 Å². The maximum absolute atomic E-state index is 10.5. The van der Waals surface area contributed by atoms with E-state index in [0.717, 1.165) is 19.3 Å². The monoisotopic (exact) mass is 378 g/mol. The fourth-order valence-corrected chi connectivity index (χ4v) is 3.29. The van der Waals surface area contributed by atoms with Crippen molar-refractivity contribution in [1.82, 2.24) is 0 Å². The minimum Gasteiger partial charge on any atom is -0.481 e. The molecule has 1 aliphatic carbocycles. The van der Waals surface area contributed by atoms with Crippen LogP contribution < -0.4 is 0 Å². The molecule has 0 unspecified atom stereocenters. The van der Waals surface area contributed by atoms with E-state index in [0.29, 0.717) is 12.8 Å². The smallest absolute Gasteiger partial charge is 0.303 e. The van der Waals surface area contributed by atoms with Gasteiger partial charge in [-0.3, -0.25) is 4.79 Å². The maximum atomic E-state index is 10.5. The Kier molecular flexibility index (Phi) is 11.7. The average molecular weight is 379 g/mol. The lowest BCUT2D eigenvalue weighted by Gasteiger charge is -2.19. The molecular formula is C22H34O5. The first-order valence-electron chi connectivity index (χ1n) is 9.85. The summed E-state index contributed by atoms with van der Waals surface area (Å²) in [5.74, 6) is -1.29. The molecule has 5 atom stereocenters. The van der Waals surface area contributed by atoms with Gasteiger partial charge in [0.1, 0.15) is 0 Å². The summed E-state index contributed by atoms with van der Waals surface area (Å²) in [6, 6.07) is 0. The number of allylic oxidation sites excluding steroid dienone is 6. The van der Waals surface area contributed by atoms with Gasteiger partial charge >= 0.3 is 5.97 Å². The van der Waals surface area contributed by atoms with E-state index in [1.54, 1.807) is 6.08 Å². The number of carboxylic acids is 1. The Bertz CT molecular complexity index is 535. The predicted octanol–water partition coefficient (Wildman–Crippen LogP) is 3.38. The largest absolute Gasteiger partial charge is 0.481 e. The van der Waals surface area contributed by atoms with E-state index in [1.165, 1.54) is 6.08 Å². The third kappa shape index (κ3) is 9.70. The minimum absolute atomic E-state index is 0.101. The molecule has 5 heteroatoms. The van der Waals surface area contributed by atoms with Crippen molar-refractivity contribution in [3.8, 4) is 0 Å². The molecule has 1 fully saturated rings. The molecule has 0 saturated heterocycles. The molecule has 0 aromatic carbocycles. The highest BCUT2D eigenvalue weighted by Crippen LogP contribution is 2.36. The second-order valence-electron chi connectivity index (χ2n) is 7.03. The molecule has 152 valence electrons. The van der Waals surface area contributed by atoms with Crippen molar-refractivity contribution in [2.75, 3.05) is 0 Å². The molecule has 0 bridgehead atoms. The molecule has 0 aliphatic heterocycles. The Labute approximate surface area is 162 Å². The van der Waals surface area contributed by atoms with E-state index in [2.05, 4.69) is 37.3 Å². The topological polar surface area (TPSA) is 98.0 Å². The molecule has 5 nitrogen and oxygen atoms in total. The van der Waals surface area contributed by atoms with Gasteiger partial charge in [0.2, 0.25) is 0 Å². The van der Waals surface area contributed by atoms with Gasteiger partial charge in [-0.25, -0.2) is 0 Å². The van der Waals surface area contributed by atoms with Crippen LogP contribution in [0.4, 0.5) is 0 Å². The predicted molar refractivity (Wildman–Crippen MR) is 107 cm³/mol. The summed E-state index contributed by atoms with van der Waals surface area (Å²) in [4.78, 5) is 10.5. The van der Waals surface area contributed by atoms with Gasteiger partial charge in [0.25, 0.3) is 0 Å². The highest BCUT2D eigenvalue weighted by molar-refractivity contribution is 5.66. The van der Waals surface area contributed by atoms with Crippen LogP contribution in [0.5, 0.6) is 0 Å². The SMILES string of the molecule is CC/C=C\C/C=C\C/C=C\C[C@H]1[C@H](/C=C/[C@@H](O)CCC(=O)O)[C@H](O)C[C@@H]1O. The van der Waals surface area contributed by atoms with Crippen LogP contribution in [0.15, 0.2) is 48.6 Å². The summed E-state index contributed by atoms with van der Waals surface area (Å²) in [7, 11) is 0. The molecule has 4 N–H and O–H groups in total. The Morgan fingerprint density at radius 2 is 1.67 bits per heavy atom. The van der Waals surface area contributed by atoms with E-state index >= 15 is 0 Å². The first-order valence-corrected chi connectivity index (χ1v) is 9.85. The van der Waals surface area contributed by atoms with Crippen LogP contribution >= 0.6 is 0 Å². The number of rotatable bonds is 12. The van der Waals surface area contributed by atoms with Crippen molar-refractivity contribution in [3.63, 3.8) is 0 Å². The standard InChI is InChI=1S/C22H34O5/c1-2-3-4-5-6-7-8-9-10-11-18-19(21(25)16-20(18)24)14-12-17(23)13-15-22(26)27/h3-4,6-7,9-10,12,14,17-21,23-25H,2,5,8,11,13,15-16H2,1H3,(H,26,27)/b4-3-,7-6-,10-9-,14-12+/t17-,18+,19+,20+,21-/m1/s1. The molecule has 0 amide bonds. The first-order chi connectivity index (χ1) is 13.0. The average Bonchev–Trinajstić information content (AvgIpc) is 2.89. The summed E-state index contributed by atoms with van der Waals surface area (Å²) < 4.78 is 0. The normalized spacial score (nSPS) is 27.6.